The van der Waals surface area contributed by atoms with Crippen molar-refractivity contribution in [3.05, 3.63) is 23.4 Å². The van der Waals surface area contributed by atoms with Crippen molar-refractivity contribution >= 4 is 5.91 Å². The monoisotopic (exact) mass is 399 g/mol. The summed E-state index contributed by atoms with van der Waals surface area (Å²) in [5.41, 5.74) is 1.15. The van der Waals surface area contributed by atoms with Crippen LogP contribution in [-0.2, 0) is 0 Å². The Bertz CT molecular complexity index is 764. The van der Waals surface area contributed by atoms with Gasteiger partial charge >= 0.3 is 0 Å². The molecule has 0 saturated heterocycles. The summed E-state index contributed by atoms with van der Waals surface area (Å²) in [6, 6.07) is 1.51. The molecule has 2 N–H and O–H groups in total. The summed E-state index contributed by atoms with van der Waals surface area (Å²) >= 11 is 0. The van der Waals surface area contributed by atoms with E-state index in [1.54, 1.807) is 17.2 Å². The van der Waals surface area contributed by atoms with Gasteiger partial charge in [-0.05, 0) is 38.8 Å². The van der Waals surface area contributed by atoms with Crippen LogP contribution in [0.15, 0.2) is 12.3 Å². The quantitative estimate of drug-likeness (QED) is 0.744. The van der Waals surface area contributed by atoms with Crippen molar-refractivity contribution in [1.29, 1.82) is 0 Å². The molecule has 158 valence electrons. The predicted molar refractivity (Wildman–Crippen MR) is 113 cm³/mol. The number of likely N-dealkylation sites (N-methyl/N-ethyl adjacent to an activating group) is 1. The molecule has 0 spiro atoms. The van der Waals surface area contributed by atoms with Gasteiger partial charge in [-0.15, -0.1) is 0 Å². The SMILES string of the molecule is CNC[C@H]1Oc2ncc(C#CCC3CCCC3)cc2C(=O)N([C@H](C)CO)C[C@H]1C. The third kappa shape index (κ3) is 5.29. The van der Waals surface area contributed by atoms with Crippen LogP contribution in [0.1, 0.15) is 61.9 Å². The van der Waals surface area contributed by atoms with Gasteiger partial charge in [0.25, 0.3) is 5.91 Å². The van der Waals surface area contributed by atoms with E-state index in [4.69, 9.17) is 4.74 Å². The number of aromatic nitrogens is 1. The Labute approximate surface area is 174 Å². The summed E-state index contributed by atoms with van der Waals surface area (Å²) in [4.78, 5) is 19.4. The van der Waals surface area contributed by atoms with Crippen molar-refractivity contribution in [3.63, 3.8) is 0 Å². The third-order valence-corrected chi connectivity index (χ3v) is 6.02. The number of fused-ring (bicyclic) bond motifs is 1. The summed E-state index contributed by atoms with van der Waals surface area (Å²) in [5, 5.41) is 12.8. The fourth-order valence-corrected chi connectivity index (χ4v) is 4.13. The van der Waals surface area contributed by atoms with Crippen LogP contribution in [0.3, 0.4) is 0 Å². The molecule has 6 heteroatoms. The minimum Gasteiger partial charge on any atom is -0.472 e. The number of carbonyl (C=O) groups is 1. The van der Waals surface area contributed by atoms with Crippen LogP contribution in [0, 0.1) is 23.7 Å². The molecule has 2 aliphatic rings. The van der Waals surface area contributed by atoms with E-state index in [1.165, 1.54) is 25.7 Å². The van der Waals surface area contributed by atoms with Gasteiger partial charge in [0.1, 0.15) is 11.7 Å². The van der Waals surface area contributed by atoms with E-state index >= 15 is 0 Å². The molecule has 6 nitrogen and oxygen atoms in total. The molecule has 0 radical (unpaired) electrons. The maximum Gasteiger partial charge on any atom is 0.259 e. The molecule has 1 aromatic rings. The molecular weight excluding hydrogens is 366 g/mol. The number of carbonyl (C=O) groups excluding carboxylic acids is 1. The zero-order valence-corrected chi connectivity index (χ0v) is 17.8. The summed E-state index contributed by atoms with van der Waals surface area (Å²) in [6.45, 7) is 5.00. The number of nitrogens with zero attached hydrogens (tertiary/aromatic N) is 2. The molecule has 1 fully saturated rings. The van der Waals surface area contributed by atoms with Crippen molar-refractivity contribution in [2.45, 2.75) is 58.1 Å². The van der Waals surface area contributed by atoms with Crippen LogP contribution < -0.4 is 10.1 Å². The highest BCUT2D eigenvalue weighted by atomic mass is 16.5. The van der Waals surface area contributed by atoms with E-state index in [9.17, 15) is 9.90 Å². The number of aliphatic hydroxyl groups excluding tert-OH is 1. The number of ether oxygens (including phenoxy) is 1. The second-order valence-electron chi connectivity index (χ2n) is 8.41. The lowest BCUT2D eigenvalue weighted by Crippen LogP contribution is -2.49. The molecule has 1 saturated carbocycles. The van der Waals surface area contributed by atoms with Crippen molar-refractivity contribution in [2.75, 3.05) is 26.7 Å². The maximum absolute atomic E-state index is 13.3. The molecule has 29 heavy (non-hydrogen) atoms. The first-order valence-corrected chi connectivity index (χ1v) is 10.8. The number of aliphatic hydroxyl groups is 1. The van der Waals surface area contributed by atoms with Gasteiger partial charge in [0, 0.05) is 37.2 Å². The molecule has 0 bridgehead atoms. The minimum atomic E-state index is -0.275. The number of rotatable bonds is 5. The zero-order valence-electron chi connectivity index (χ0n) is 17.8. The fraction of sp³-hybridized carbons (Fsp3) is 0.652. The van der Waals surface area contributed by atoms with Gasteiger partial charge in [-0.1, -0.05) is 31.6 Å². The Balaban J connectivity index is 1.89. The number of pyridine rings is 1. The van der Waals surface area contributed by atoms with Gasteiger partial charge in [-0.3, -0.25) is 4.79 Å². The lowest BCUT2D eigenvalue weighted by atomic mass is 10.00. The van der Waals surface area contributed by atoms with Crippen LogP contribution in [0.4, 0.5) is 0 Å². The van der Waals surface area contributed by atoms with Crippen LogP contribution >= 0.6 is 0 Å². The van der Waals surface area contributed by atoms with E-state index in [2.05, 4.69) is 29.1 Å². The second-order valence-corrected chi connectivity index (χ2v) is 8.41. The van der Waals surface area contributed by atoms with Gasteiger partial charge < -0.3 is 20.1 Å². The van der Waals surface area contributed by atoms with E-state index in [0.717, 1.165) is 12.0 Å². The Kier molecular flexibility index (Phi) is 7.51. The lowest BCUT2D eigenvalue weighted by Gasteiger charge is -2.36. The van der Waals surface area contributed by atoms with E-state index in [1.807, 2.05) is 14.0 Å². The molecule has 1 amide bonds. The molecule has 1 aromatic heterocycles. The van der Waals surface area contributed by atoms with Gasteiger partial charge in [-0.2, -0.15) is 0 Å². The smallest absolute Gasteiger partial charge is 0.259 e. The molecule has 3 atom stereocenters. The van der Waals surface area contributed by atoms with Crippen molar-refractivity contribution in [1.82, 2.24) is 15.2 Å². The van der Waals surface area contributed by atoms with Crippen molar-refractivity contribution in [2.24, 2.45) is 11.8 Å². The summed E-state index contributed by atoms with van der Waals surface area (Å²) in [7, 11) is 1.88. The molecule has 2 heterocycles. The molecule has 3 rings (SSSR count). The first kappa shape index (κ1) is 21.6. The van der Waals surface area contributed by atoms with Crippen LogP contribution in [-0.4, -0.2) is 59.8 Å². The standard InChI is InChI=1S/C23H33N3O3/c1-16-14-26(17(2)15-27)23(28)20-11-19(10-6-9-18-7-4-5-8-18)12-25-22(20)29-21(16)13-24-3/h11-12,16-18,21,24,27H,4-5,7-9,13-15H2,1-3H3/t16-,17-,21-/m1/s1. The summed E-state index contributed by atoms with van der Waals surface area (Å²) in [5.74, 6) is 7.43. The van der Waals surface area contributed by atoms with E-state index in [-0.39, 0.29) is 30.6 Å². The average Bonchev–Trinajstić information content (AvgIpc) is 3.24. The number of nitrogens with one attached hydrogen (secondary N) is 1. The van der Waals surface area contributed by atoms with Gasteiger partial charge in [0.15, 0.2) is 0 Å². The minimum absolute atomic E-state index is 0.0837. The molecule has 1 aliphatic heterocycles. The van der Waals surface area contributed by atoms with E-state index in [0.29, 0.717) is 30.5 Å². The first-order chi connectivity index (χ1) is 14.0. The number of amides is 1. The highest BCUT2D eigenvalue weighted by molar-refractivity contribution is 5.97. The predicted octanol–water partition coefficient (Wildman–Crippen LogP) is 2.45. The highest BCUT2D eigenvalue weighted by Gasteiger charge is 2.33. The topological polar surface area (TPSA) is 74.7 Å². The lowest BCUT2D eigenvalue weighted by molar-refractivity contribution is 0.0404. The second kappa shape index (κ2) is 10.1. The van der Waals surface area contributed by atoms with E-state index < -0.39 is 0 Å². The first-order valence-electron chi connectivity index (χ1n) is 10.8. The van der Waals surface area contributed by atoms with Crippen LogP contribution in [0.25, 0.3) is 0 Å². The van der Waals surface area contributed by atoms with Crippen molar-refractivity contribution in [3.8, 4) is 17.7 Å². The van der Waals surface area contributed by atoms with Crippen molar-refractivity contribution < 1.29 is 14.6 Å². The summed E-state index contributed by atoms with van der Waals surface area (Å²) < 4.78 is 6.13. The largest absolute Gasteiger partial charge is 0.472 e. The number of hydrogen-bond donors (Lipinski definition) is 2. The Morgan fingerprint density at radius 3 is 2.86 bits per heavy atom. The summed E-state index contributed by atoms with van der Waals surface area (Å²) in [6.07, 6.45) is 7.62. The Hall–Kier alpha value is -2.10. The number of hydrogen-bond acceptors (Lipinski definition) is 5. The maximum atomic E-state index is 13.3. The van der Waals surface area contributed by atoms with Crippen LogP contribution in [0.5, 0.6) is 5.88 Å². The molecular formula is C23H33N3O3. The Morgan fingerprint density at radius 2 is 2.17 bits per heavy atom. The molecule has 1 aliphatic carbocycles. The third-order valence-electron chi connectivity index (χ3n) is 6.02. The average molecular weight is 400 g/mol. The normalized spacial score (nSPS) is 23.4. The van der Waals surface area contributed by atoms with Gasteiger partial charge in [-0.25, -0.2) is 4.98 Å². The zero-order chi connectivity index (χ0) is 20.8. The highest BCUT2D eigenvalue weighted by Crippen LogP contribution is 2.28. The Morgan fingerprint density at radius 1 is 1.41 bits per heavy atom. The fourth-order valence-electron chi connectivity index (χ4n) is 4.13. The molecule has 0 unspecified atom stereocenters. The van der Waals surface area contributed by atoms with Gasteiger partial charge in [0.2, 0.25) is 5.88 Å². The molecule has 0 aromatic carbocycles. The van der Waals surface area contributed by atoms with Gasteiger partial charge in [0.05, 0.1) is 12.6 Å². The van der Waals surface area contributed by atoms with Crippen LogP contribution in [0.2, 0.25) is 0 Å².